The van der Waals surface area contributed by atoms with Crippen LogP contribution in [0.2, 0.25) is 0 Å². The van der Waals surface area contributed by atoms with Crippen LogP contribution < -0.4 is 25.1 Å². The largest absolute Gasteiger partial charge is 0.490 e. The molecule has 1 aromatic carbocycles. The van der Waals surface area contributed by atoms with E-state index in [9.17, 15) is 9.59 Å². The highest BCUT2D eigenvalue weighted by Gasteiger charge is 2.18. The molecule has 0 fully saturated rings. The summed E-state index contributed by atoms with van der Waals surface area (Å²) in [6.07, 6.45) is 3.04. The van der Waals surface area contributed by atoms with Gasteiger partial charge in [0, 0.05) is 12.0 Å². The third-order valence-corrected chi connectivity index (χ3v) is 3.52. The lowest BCUT2D eigenvalue weighted by Gasteiger charge is -2.17. The number of carbonyl (C=O) groups is 2. The molecule has 0 aliphatic rings. The molecule has 10 heteroatoms. The summed E-state index contributed by atoms with van der Waals surface area (Å²) >= 11 is 0. The second-order valence-corrected chi connectivity index (χ2v) is 5.51. The molecule has 2 amide bonds. The second kappa shape index (κ2) is 10.8. The average molecular weight is 391 g/mol. The standard InChI is InChI=1S/C18H25N5O5/c1-4-26-14-9-13(10-15(27-5-2)17(14)28-6-3)18(25)22-21-16(24)7-8-23-12-19-11-20-23/h9-12H,4-8H2,1-3H3,(H,21,24)(H,22,25). The molecule has 0 unspecified atom stereocenters. The summed E-state index contributed by atoms with van der Waals surface area (Å²) in [6, 6.07) is 3.10. The van der Waals surface area contributed by atoms with Crippen LogP contribution >= 0.6 is 0 Å². The number of aromatic nitrogens is 3. The molecule has 28 heavy (non-hydrogen) atoms. The summed E-state index contributed by atoms with van der Waals surface area (Å²) in [5, 5.41) is 3.91. The predicted molar refractivity (Wildman–Crippen MR) is 100 cm³/mol. The molecule has 0 spiro atoms. The minimum absolute atomic E-state index is 0.140. The summed E-state index contributed by atoms with van der Waals surface area (Å²) < 4.78 is 18.3. The van der Waals surface area contributed by atoms with Gasteiger partial charge in [0.25, 0.3) is 5.91 Å². The van der Waals surface area contributed by atoms with Crippen LogP contribution in [-0.2, 0) is 11.3 Å². The third-order valence-electron chi connectivity index (χ3n) is 3.52. The minimum Gasteiger partial charge on any atom is -0.490 e. The Kier molecular flexibility index (Phi) is 8.07. The number of hydrazine groups is 1. The normalized spacial score (nSPS) is 10.2. The molecule has 0 radical (unpaired) electrons. The quantitative estimate of drug-likeness (QED) is 0.587. The Hall–Kier alpha value is -3.30. The molecule has 10 nitrogen and oxygen atoms in total. The van der Waals surface area contributed by atoms with Crippen molar-refractivity contribution in [1.82, 2.24) is 25.6 Å². The number of hydrogen-bond donors (Lipinski definition) is 2. The van der Waals surface area contributed by atoms with Crippen LogP contribution in [0.5, 0.6) is 17.2 Å². The van der Waals surface area contributed by atoms with Gasteiger partial charge < -0.3 is 14.2 Å². The van der Waals surface area contributed by atoms with Crippen LogP contribution in [0.25, 0.3) is 0 Å². The number of hydrogen-bond acceptors (Lipinski definition) is 7. The zero-order valence-corrected chi connectivity index (χ0v) is 16.2. The first kappa shape index (κ1) is 21.0. The van der Waals surface area contributed by atoms with Crippen LogP contribution in [0, 0.1) is 0 Å². The van der Waals surface area contributed by atoms with Gasteiger partial charge in [0.2, 0.25) is 11.7 Å². The van der Waals surface area contributed by atoms with E-state index in [0.717, 1.165) is 0 Å². The minimum atomic E-state index is -0.501. The van der Waals surface area contributed by atoms with Gasteiger partial charge in [-0.3, -0.25) is 25.1 Å². The number of nitrogens with one attached hydrogen (secondary N) is 2. The van der Waals surface area contributed by atoms with Gasteiger partial charge in [0.05, 0.1) is 26.4 Å². The van der Waals surface area contributed by atoms with Crippen molar-refractivity contribution in [1.29, 1.82) is 0 Å². The zero-order chi connectivity index (χ0) is 20.4. The second-order valence-electron chi connectivity index (χ2n) is 5.51. The van der Waals surface area contributed by atoms with E-state index in [1.165, 1.54) is 17.3 Å². The molecule has 0 aliphatic heterocycles. The monoisotopic (exact) mass is 391 g/mol. The first-order valence-electron chi connectivity index (χ1n) is 9.07. The average Bonchev–Trinajstić information content (AvgIpc) is 3.20. The Morgan fingerprint density at radius 3 is 2.18 bits per heavy atom. The molecule has 2 rings (SSSR count). The van der Waals surface area contributed by atoms with Gasteiger partial charge in [0.1, 0.15) is 12.7 Å². The fraction of sp³-hybridized carbons (Fsp3) is 0.444. The van der Waals surface area contributed by atoms with E-state index in [-0.39, 0.29) is 17.9 Å². The van der Waals surface area contributed by atoms with Crippen LogP contribution in [0.15, 0.2) is 24.8 Å². The lowest BCUT2D eigenvalue weighted by atomic mass is 10.1. The van der Waals surface area contributed by atoms with E-state index in [4.69, 9.17) is 14.2 Å². The van der Waals surface area contributed by atoms with Gasteiger partial charge in [-0.15, -0.1) is 0 Å². The summed E-state index contributed by atoms with van der Waals surface area (Å²) in [6.45, 7) is 7.09. The van der Waals surface area contributed by atoms with E-state index < -0.39 is 5.91 Å². The van der Waals surface area contributed by atoms with Crippen LogP contribution in [0.1, 0.15) is 37.6 Å². The first-order chi connectivity index (χ1) is 13.6. The molecule has 2 N–H and O–H groups in total. The SMILES string of the molecule is CCOc1cc(C(=O)NNC(=O)CCn2cncn2)cc(OCC)c1OCC. The summed E-state index contributed by atoms with van der Waals surface area (Å²) in [4.78, 5) is 28.2. The maximum atomic E-state index is 12.5. The Bertz CT molecular complexity index is 752. The number of ether oxygens (including phenoxy) is 3. The van der Waals surface area contributed by atoms with E-state index in [1.54, 1.807) is 12.1 Å². The fourth-order valence-corrected chi connectivity index (χ4v) is 2.35. The van der Waals surface area contributed by atoms with Gasteiger partial charge in [-0.2, -0.15) is 5.10 Å². The van der Waals surface area contributed by atoms with E-state index in [0.29, 0.717) is 43.6 Å². The third kappa shape index (κ3) is 5.86. The molecule has 2 aromatic rings. The molecular weight excluding hydrogens is 366 g/mol. The number of amides is 2. The number of rotatable bonds is 10. The Morgan fingerprint density at radius 2 is 1.64 bits per heavy atom. The Balaban J connectivity index is 2.05. The molecule has 1 heterocycles. The van der Waals surface area contributed by atoms with Crippen molar-refractivity contribution < 1.29 is 23.8 Å². The maximum Gasteiger partial charge on any atom is 0.269 e. The highest BCUT2D eigenvalue weighted by atomic mass is 16.5. The highest BCUT2D eigenvalue weighted by Crippen LogP contribution is 2.39. The predicted octanol–water partition coefficient (Wildman–Crippen LogP) is 1.33. The van der Waals surface area contributed by atoms with Crippen molar-refractivity contribution in [2.24, 2.45) is 0 Å². The van der Waals surface area contributed by atoms with Gasteiger partial charge in [-0.25, -0.2) is 4.98 Å². The van der Waals surface area contributed by atoms with Crippen LogP contribution in [0.3, 0.4) is 0 Å². The summed E-state index contributed by atoms with van der Waals surface area (Å²) in [5.41, 5.74) is 5.03. The van der Waals surface area contributed by atoms with Gasteiger partial charge in [0.15, 0.2) is 11.5 Å². The lowest BCUT2D eigenvalue weighted by molar-refractivity contribution is -0.122. The number of benzene rings is 1. The molecule has 0 atom stereocenters. The smallest absolute Gasteiger partial charge is 0.269 e. The summed E-state index contributed by atoms with van der Waals surface area (Å²) in [5.74, 6) is 0.388. The van der Waals surface area contributed by atoms with Crippen LogP contribution in [0.4, 0.5) is 0 Å². The van der Waals surface area contributed by atoms with Crippen molar-refractivity contribution in [3.8, 4) is 17.2 Å². The number of nitrogens with zero attached hydrogens (tertiary/aromatic N) is 3. The van der Waals surface area contributed by atoms with Gasteiger partial charge >= 0.3 is 0 Å². The number of carbonyl (C=O) groups excluding carboxylic acids is 2. The maximum absolute atomic E-state index is 12.5. The number of aryl methyl sites for hydroxylation is 1. The molecule has 0 saturated carbocycles. The highest BCUT2D eigenvalue weighted by molar-refractivity contribution is 5.96. The van der Waals surface area contributed by atoms with E-state index in [1.807, 2.05) is 20.8 Å². The fourth-order valence-electron chi connectivity index (χ4n) is 2.35. The van der Waals surface area contributed by atoms with Crippen molar-refractivity contribution in [2.45, 2.75) is 33.7 Å². The van der Waals surface area contributed by atoms with Gasteiger partial charge in [-0.05, 0) is 32.9 Å². The molecule has 152 valence electrons. The van der Waals surface area contributed by atoms with Crippen molar-refractivity contribution in [3.05, 3.63) is 30.4 Å². The topological polar surface area (TPSA) is 117 Å². The summed E-state index contributed by atoms with van der Waals surface area (Å²) in [7, 11) is 0. The van der Waals surface area contributed by atoms with Crippen LogP contribution in [-0.4, -0.2) is 46.4 Å². The molecule has 0 saturated heterocycles. The molecule has 1 aromatic heterocycles. The van der Waals surface area contributed by atoms with Crippen molar-refractivity contribution in [3.63, 3.8) is 0 Å². The van der Waals surface area contributed by atoms with Gasteiger partial charge in [-0.1, -0.05) is 0 Å². The Labute approximate surface area is 163 Å². The Morgan fingerprint density at radius 1 is 1.00 bits per heavy atom. The zero-order valence-electron chi connectivity index (χ0n) is 16.2. The first-order valence-corrected chi connectivity index (χ1v) is 9.07. The van der Waals surface area contributed by atoms with Crippen molar-refractivity contribution >= 4 is 11.8 Å². The van der Waals surface area contributed by atoms with E-state index >= 15 is 0 Å². The molecule has 0 bridgehead atoms. The molecule has 0 aliphatic carbocycles. The lowest BCUT2D eigenvalue weighted by Crippen LogP contribution is -2.41. The van der Waals surface area contributed by atoms with Crippen molar-refractivity contribution in [2.75, 3.05) is 19.8 Å². The van der Waals surface area contributed by atoms with E-state index in [2.05, 4.69) is 20.9 Å². The molecular formula is C18H25N5O5.